The van der Waals surface area contributed by atoms with Crippen molar-refractivity contribution in [3.8, 4) is 16.5 Å². The molecule has 0 bridgehead atoms. The topological polar surface area (TPSA) is 64.6 Å². The Morgan fingerprint density at radius 1 is 1.21 bits per heavy atom. The zero-order chi connectivity index (χ0) is 21.2. The smallest absolute Gasteiger partial charge is 0.237 e. The molecule has 8 heteroatoms. The number of fused-ring (bicyclic) bond motifs is 1. The van der Waals surface area contributed by atoms with Crippen molar-refractivity contribution in [1.29, 1.82) is 0 Å². The molecule has 29 heavy (non-hydrogen) atoms. The van der Waals surface area contributed by atoms with Crippen molar-refractivity contribution in [2.75, 3.05) is 25.3 Å². The summed E-state index contributed by atoms with van der Waals surface area (Å²) < 4.78 is 26.3. The Morgan fingerprint density at radius 3 is 2.62 bits per heavy atom. The van der Waals surface area contributed by atoms with Gasteiger partial charge in [-0.05, 0) is 37.3 Å². The summed E-state index contributed by atoms with van der Waals surface area (Å²) in [5.74, 6) is -0.217. The Labute approximate surface area is 173 Å². The van der Waals surface area contributed by atoms with Crippen molar-refractivity contribution in [3.63, 3.8) is 0 Å². The highest BCUT2D eigenvalue weighted by Crippen LogP contribution is 2.33. The van der Waals surface area contributed by atoms with Gasteiger partial charge in [-0.25, -0.2) is 9.97 Å². The van der Waals surface area contributed by atoms with Gasteiger partial charge in [-0.2, -0.15) is 4.39 Å². The maximum Gasteiger partial charge on any atom is 0.237 e. The summed E-state index contributed by atoms with van der Waals surface area (Å²) in [5, 5.41) is 0.595. The molecule has 0 saturated heterocycles. The second-order valence-corrected chi connectivity index (χ2v) is 8.55. The minimum atomic E-state index is -0.706. The zero-order valence-electron chi connectivity index (χ0n) is 17.2. The van der Waals surface area contributed by atoms with Crippen molar-refractivity contribution in [3.05, 3.63) is 36.3 Å². The molecule has 0 atom stereocenters. The van der Waals surface area contributed by atoms with Crippen molar-refractivity contribution in [2.24, 2.45) is 5.41 Å². The minimum Gasteiger partial charge on any atom is -0.468 e. The molecular weight excluding hydrogens is 393 g/mol. The van der Waals surface area contributed by atoms with Gasteiger partial charge in [0.05, 0.1) is 15.9 Å². The molecule has 1 amide bonds. The Hall–Kier alpha value is -2.58. The first-order valence-corrected chi connectivity index (χ1v) is 10.1. The molecule has 0 spiro atoms. The van der Waals surface area contributed by atoms with Gasteiger partial charge in [0.15, 0.2) is 6.79 Å². The Balaban J connectivity index is 1.86. The minimum absolute atomic E-state index is 0.140. The summed E-state index contributed by atoms with van der Waals surface area (Å²) in [5.41, 5.74) is 0.719. The number of nitrogens with zero attached hydrogens (tertiary/aromatic N) is 3. The van der Waals surface area contributed by atoms with Crippen molar-refractivity contribution in [2.45, 2.75) is 27.7 Å². The first kappa shape index (κ1) is 21.1. The van der Waals surface area contributed by atoms with Crippen LogP contribution >= 0.6 is 11.3 Å². The van der Waals surface area contributed by atoms with Crippen molar-refractivity contribution < 1.29 is 18.7 Å². The third kappa shape index (κ3) is 4.71. The van der Waals surface area contributed by atoms with E-state index in [2.05, 4.69) is 9.97 Å². The number of carbonyl (C=O) groups is 1. The van der Waals surface area contributed by atoms with Gasteiger partial charge in [0.25, 0.3) is 0 Å². The zero-order valence-corrected chi connectivity index (χ0v) is 18.0. The first-order chi connectivity index (χ1) is 13.7. The van der Waals surface area contributed by atoms with E-state index in [1.165, 1.54) is 16.2 Å². The fraction of sp³-hybridized carbons (Fsp3) is 0.381. The second kappa shape index (κ2) is 8.42. The number of amides is 1. The van der Waals surface area contributed by atoms with Gasteiger partial charge in [-0.3, -0.25) is 4.79 Å². The summed E-state index contributed by atoms with van der Waals surface area (Å²) in [7, 11) is 1.55. The third-order valence-electron chi connectivity index (χ3n) is 4.23. The van der Waals surface area contributed by atoms with Crippen LogP contribution in [-0.2, 0) is 9.53 Å². The van der Waals surface area contributed by atoms with Gasteiger partial charge in [0, 0.05) is 19.1 Å². The molecule has 0 aliphatic heterocycles. The molecule has 0 aliphatic carbocycles. The summed E-state index contributed by atoms with van der Waals surface area (Å²) in [6.07, 6.45) is 0. The number of hydrogen-bond acceptors (Lipinski definition) is 6. The van der Waals surface area contributed by atoms with Crippen LogP contribution < -0.4 is 9.64 Å². The molecule has 0 aliphatic rings. The number of rotatable bonds is 6. The van der Waals surface area contributed by atoms with Crippen LogP contribution in [0.1, 0.15) is 27.7 Å². The van der Waals surface area contributed by atoms with E-state index in [4.69, 9.17) is 9.47 Å². The predicted molar refractivity (Wildman–Crippen MR) is 113 cm³/mol. The van der Waals surface area contributed by atoms with E-state index in [-0.39, 0.29) is 18.4 Å². The quantitative estimate of drug-likeness (QED) is 0.325. The maximum absolute atomic E-state index is 14.7. The standard InChI is InChI=1S/C21H24FN3O3S/c1-6-27-12-28-13-7-8-14-17(11-13)29-19(24-14)15-9-10-16(18(22)23-15)25(5)20(26)21(2,3)4/h7-11H,6,12H2,1-5H3. The van der Waals surface area contributed by atoms with Crippen LogP contribution in [0.15, 0.2) is 30.3 Å². The Bertz CT molecular complexity index is 1030. The Morgan fingerprint density at radius 2 is 1.97 bits per heavy atom. The normalized spacial score (nSPS) is 11.7. The molecule has 6 nitrogen and oxygen atoms in total. The molecular formula is C21H24FN3O3S. The number of pyridine rings is 1. The predicted octanol–water partition coefficient (Wildman–Crippen LogP) is 4.88. The molecule has 0 radical (unpaired) electrons. The van der Waals surface area contributed by atoms with E-state index in [0.717, 1.165) is 10.2 Å². The number of carbonyl (C=O) groups excluding carboxylic acids is 1. The summed E-state index contributed by atoms with van der Waals surface area (Å²) in [6, 6.07) is 8.77. The van der Waals surface area contributed by atoms with E-state index in [1.54, 1.807) is 40.0 Å². The van der Waals surface area contributed by atoms with Crippen LogP contribution in [0.2, 0.25) is 0 Å². The summed E-state index contributed by atoms with van der Waals surface area (Å²) >= 11 is 1.40. The maximum atomic E-state index is 14.7. The fourth-order valence-electron chi connectivity index (χ4n) is 2.71. The number of aromatic nitrogens is 2. The molecule has 0 N–H and O–H groups in total. The monoisotopic (exact) mass is 417 g/mol. The summed E-state index contributed by atoms with van der Waals surface area (Å²) in [4.78, 5) is 22.3. The molecule has 2 heterocycles. The molecule has 1 aromatic carbocycles. The van der Waals surface area contributed by atoms with Crippen LogP contribution in [0.25, 0.3) is 20.9 Å². The molecule has 0 saturated carbocycles. The van der Waals surface area contributed by atoms with Crippen LogP contribution in [0.5, 0.6) is 5.75 Å². The van der Waals surface area contributed by atoms with E-state index in [9.17, 15) is 9.18 Å². The second-order valence-electron chi connectivity index (χ2n) is 7.52. The number of anilines is 1. The average Bonchev–Trinajstić information content (AvgIpc) is 3.09. The lowest BCUT2D eigenvalue weighted by atomic mass is 9.95. The highest BCUT2D eigenvalue weighted by Gasteiger charge is 2.27. The van der Waals surface area contributed by atoms with Gasteiger partial charge < -0.3 is 14.4 Å². The molecule has 2 aromatic heterocycles. The van der Waals surface area contributed by atoms with E-state index >= 15 is 0 Å². The van der Waals surface area contributed by atoms with Gasteiger partial charge in [0.1, 0.15) is 16.5 Å². The summed E-state index contributed by atoms with van der Waals surface area (Å²) in [6.45, 7) is 8.03. The SMILES string of the molecule is CCOCOc1ccc2nc(-c3ccc(N(C)C(=O)C(C)(C)C)c(F)n3)sc2c1. The van der Waals surface area contributed by atoms with Gasteiger partial charge in [-0.1, -0.05) is 20.8 Å². The van der Waals surface area contributed by atoms with Crippen LogP contribution in [0, 0.1) is 11.4 Å². The lowest BCUT2D eigenvalue weighted by molar-refractivity contribution is -0.125. The van der Waals surface area contributed by atoms with E-state index in [1.807, 2.05) is 25.1 Å². The number of thiazole rings is 1. The Kier molecular flexibility index (Phi) is 6.14. The van der Waals surface area contributed by atoms with Crippen LogP contribution in [0.4, 0.5) is 10.1 Å². The number of halogens is 1. The van der Waals surface area contributed by atoms with Crippen LogP contribution in [-0.4, -0.2) is 36.3 Å². The highest BCUT2D eigenvalue weighted by atomic mass is 32.1. The van der Waals surface area contributed by atoms with Gasteiger partial charge in [-0.15, -0.1) is 11.3 Å². The van der Waals surface area contributed by atoms with Gasteiger partial charge in [0.2, 0.25) is 11.9 Å². The van der Waals surface area contributed by atoms with E-state index in [0.29, 0.717) is 23.1 Å². The van der Waals surface area contributed by atoms with E-state index < -0.39 is 11.4 Å². The number of ether oxygens (including phenoxy) is 2. The highest BCUT2D eigenvalue weighted by molar-refractivity contribution is 7.21. The molecule has 3 aromatic rings. The lowest BCUT2D eigenvalue weighted by Crippen LogP contribution is -2.37. The molecule has 154 valence electrons. The first-order valence-electron chi connectivity index (χ1n) is 9.27. The van der Waals surface area contributed by atoms with Crippen molar-refractivity contribution >= 4 is 33.1 Å². The molecule has 0 unspecified atom stereocenters. The average molecular weight is 418 g/mol. The molecule has 0 fully saturated rings. The van der Waals surface area contributed by atoms with Crippen molar-refractivity contribution in [1.82, 2.24) is 9.97 Å². The van der Waals surface area contributed by atoms with Crippen LogP contribution in [0.3, 0.4) is 0 Å². The lowest BCUT2D eigenvalue weighted by Gasteiger charge is -2.26. The largest absolute Gasteiger partial charge is 0.468 e. The van der Waals surface area contributed by atoms with Gasteiger partial charge >= 0.3 is 0 Å². The third-order valence-corrected chi connectivity index (χ3v) is 5.27. The number of hydrogen-bond donors (Lipinski definition) is 0. The molecule has 3 rings (SSSR count). The fourth-order valence-corrected chi connectivity index (χ4v) is 3.67. The number of benzene rings is 1.